The van der Waals surface area contributed by atoms with Gasteiger partial charge >= 0.3 is 0 Å². The van der Waals surface area contributed by atoms with Crippen LogP contribution in [0.3, 0.4) is 0 Å². The summed E-state index contributed by atoms with van der Waals surface area (Å²) in [6.45, 7) is 4.44. The second kappa shape index (κ2) is 7.17. The Morgan fingerprint density at radius 3 is 2.32 bits per heavy atom. The number of nitrogens with two attached hydrogens (primary N) is 1. The molecular formula is C13H22N2O2S2. The lowest BCUT2D eigenvalue weighted by Gasteiger charge is -2.23. The molecule has 2 N–H and O–H groups in total. The van der Waals surface area contributed by atoms with Gasteiger partial charge in [0.05, 0.1) is 11.4 Å². The van der Waals surface area contributed by atoms with Crippen LogP contribution in [0.2, 0.25) is 0 Å². The molecule has 0 bridgehead atoms. The van der Waals surface area contributed by atoms with Crippen LogP contribution in [0.5, 0.6) is 0 Å². The van der Waals surface area contributed by atoms with E-state index in [1.807, 2.05) is 32.0 Å². The van der Waals surface area contributed by atoms with E-state index >= 15 is 0 Å². The van der Waals surface area contributed by atoms with Crippen LogP contribution >= 0.6 is 11.8 Å². The maximum atomic E-state index is 12.3. The molecule has 6 heteroatoms. The van der Waals surface area contributed by atoms with Crippen LogP contribution < -0.4 is 10.0 Å². The van der Waals surface area contributed by atoms with Gasteiger partial charge in [-0.15, -0.1) is 0 Å². The van der Waals surface area contributed by atoms with E-state index in [9.17, 15) is 8.42 Å². The molecule has 0 radical (unpaired) electrons. The van der Waals surface area contributed by atoms with Crippen molar-refractivity contribution in [2.45, 2.75) is 13.8 Å². The van der Waals surface area contributed by atoms with Crippen LogP contribution in [0.25, 0.3) is 0 Å². The number of rotatable bonds is 7. The van der Waals surface area contributed by atoms with E-state index in [2.05, 4.69) is 0 Å². The highest BCUT2D eigenvalue weighted by Crippen LogP contribution is 2.25. The number of nitrogens with zero attached hydrogens (tertiary/aromatic N) is 1. The molecule has 1 aromatic rings. The van der Waals surface area contributed by atoms with E-state index in [0.717, 1.165) is 22.6 Å². The molecule has 0 amide bonds. The van der Waals surface area contributed by atoms with Gasteiger partial charge in [-0.1, -0.05) is 18.2 Å². The summed E-state index contributed by atoms with van der Waals surface area (Å²) in [6.07, 6.45) is 0. The van der Waals surface area contributed by atoms with Crippen molar-refractivity contribution in [3.63, 3.8) is 0 Å². The molecule has 0 aliphatic heterocycles. The van der Waals surface area contributed by atoms with Crippen LogP contribution in [-0.2, 0) is 10.0 Å². The highest BCUT2D eigenvalue weighted by molar-refractivity contribution is 8.00. The molecule has 0 aliphatic carbocycles. The molecule has 0 unspecified atom stereocenters. The van der Waals surface area contributed by atoms with Crippen molar-refractivity contribution >= 4 is 27.5 Å². The summed E-state index contributed by atoms with van der Waals surface area (Å²) in [7, 11) is -1.64. The molecule has 1 rings (SSSR count). The van der Waals surface area contributed by atoms with Gasteiger partial charge in [-0.2, -0.15) is 11.8 Å². The number of sulfonamides is 1. The van der Waals surface area contributed by atoms with Crippen molar-refractivity contribution in [1.29, 1.82) is 0 Å². The highest BCUT2D eigenvalue weighted by Gasteiger charge is 2.20. The fraction of sp³-hybridized carbons (Fsp3) is 0.538. The Labute approximate surface area is 120 Å². The summed E-state index contributed by atoms with van der Waals surface area (Å²) in [5.41, 5.74) is 8.12. The minimum absolute atomic E-state index is 0.141. The Bertz CT molecular complexity index is 495. The molecule has 108 valence electrons. The van der Waals surface area contributed by atoms with Crippen LogP contribution in [0.1, 0.15) is 11.1 Å². The third-order valence-corrected chi connectivity index (χ3v) is 5.93. The van der Waals surface area contributed by atoms with E-state index in [0.29, 0.717) is 12.3 Å². The first-order chi connectivity index (χ1) is 8.90. The fourth-order valence-corrected chi connectivity index (χ4v) is 4.45. The van der Waals surface area contributed by atoms with Crippen molar-refractivity contribution in [3.8, 4) is 0 Å². The number of hydrogen-bond donors (Lipinski definition) is 1. The number of aryl methyl sites for hydroxylation is 2. The Morgan fingerprint density at radius 1 is 1.21 bits per heavy atom. The molecule has 0 aliphatic rings. The molecule has 0 fully saturated rings. The molecule has 0 heterocycles. The van der Waals surface area contributed by atoms with Gasteiger partial charge in [0.15, 0.2) is 0 Å². The lowest BCUT2D eigenvalue weighted by Crippen LogP contribution is -2.31. The van der Waals surface area contributed by atoms with Gasteiger partial charge in [0, 0.05) is 25.1 Å². The third kappa shape index (κ3) is 4.40. The Kier molecular flexibility index (Phi) is 6.16. The average molecular weight is 302 g/mol. The number of para-hydroxylation sites is 1. The summed E-state index contributed by atoms with van der Waals surface area (Å²) < 4.78 is 26.0. The zero-order valence-corrected chi connectivity index (χ0v) is 13.4. The van der Waals surface area contributed by atoms with E-state index in [1.165, 1.54) is 4.31 Å². The summed E-state index contributed by atoms with van der Waals surface area (Å²) in [6, 6.07) is 5.79. The fourth-order valence-electron chi connectivity index (χ4n) is 1.93. The van der Waals surface area contributed by atoms with Crippen LogP contribution in [0, 0.1) is 13.8 Å². The lowest BCUT2D eigenvalue weighted by atomic mass is 10.1. The second-order valence-electron chi connectivity index (χ2n) is 4.42. The van der Waals surface area contributed by atoms with Gasteiger partial charge in [0.25, 0.3) is 0 Å². The Hall–Kier alpha value is -0.720. The first-order valence-electron chi connectivity index (χ1n) is 6.21. The average Bonchev–Trinajstić information content (AvgIpc) is 2.34. The summed E-state index contributed by atoms with van der Waals surface area (Å²) in [5.74, 6) is 1.51. The summed E-state index contributed by atoms with van der Waals surface area (Å²) in [5, 5.41) is 0. The molecule has 0 saturated heterocycles. The van der Waals surface area contributed by atoms with Crippen LogP contribution in [-0.4, -0.2) is 39.3 Å². The molecule has 0 spiro atoms. The molecule has 1 aromatic carbocycles. The molecule has 0 aromatic heterocycles. The Balaban J connectivity index is 2.83. The van der Waals surface area contributed by atoms with E-state index in [4.69, 9.17) is 5.73 Å². The van der Waals surface area contributed by atoms with E-state index in [-0.39, 0.29) is 5.75 Å². The van der Waals surface area contributed by atoms with Crippen molar-refractivity contribution in [2.75, 3.05) is 35.2 Å². The van der Waals surface area contributed by atoms with E-state index < -0.39 is 10.0 Å². The van der Waals surface area contributed by atoms with Crippen molar-refractivity contribution in [1.82, 2.24) is 0 Å². The first-order valence-corrected chi connectivity index (χ1v) is 8.97. The second-order valence-corrected chi connectivity index (χ2v) is 7.77. The predicted molar refractivity (Wildman–Crippen MR) is 84.5 cm³/mol. The molecule has 19 heavy (non-hydrogen) atoms. The summed E-state index contributed by atoms with van der Waals surface area (Å²) >= 11 is 1.57. The minimum Gasteiger partial charge on any atom is -0.330 e. The first kappa shape index (κ1) is 16.3. The smallest absolute Gasteiger partial charge is 0.235 e. The Morgan fingerprint density at radius 2 is 1.79 bits per heavy atom. The van der Waals surface area contributed by atoms with Gasteiger partial charge in [-0.25, -0.2) is 8.42 Å². The maximum absolute atomic E-state index is 12.3. The van der Waals surface area contributed by atoms with Gasteiger partial charge in [0.2, 0.25) is 10.0 Å². The lowest BCUT2D eigenvalue weighted by molar-refractivity contribution is 0.595. The third-order valence-electron chi connectivity index (χ3n) is 2.92. The normalized spacial score (nSPS) is 11.6. The summed E-state index contributed by atoms with van der Waals surface area (Å²) in [4.78, 5) is 0. The van der Waals surface area contributed by atoms with Crippen molar-refractivity contribution in [2.24, 2.45) is 5.73 Å². The van der Waals surface area contributed by atoms with Crippen LogP contribution in [0.15, 0.2) is 18.2 Å². The number of anilines is 1. The standard InChI is InChI=1S/C13H22N2O2S2/c1-11-5-4-6-12(2)13(11)15(3)19(16,17)10-9-18-8-7-14/h4-6H,7-10,14H2,1-3H3. The molecular weight excluding hydrogens is 280 g/mol. The SMILES string of the molecule is Cc1cccc(C)c1N(C)S(=O)(=O)CCSCCN. The number of benzene rings is 1. The monoisotopic (exact) mass is 302 g/mol. The van der Waals surface area contributed by atoms with Crippen LogP contribution in [0.4, 0.5) is 5.69 Å². The predicted octanol–water partition coefficient (Wildman–Crippen LogP) is 1.76. The molecule has 4 nitrogen and oxygen atoms in total. The molecule has 0 saturated carbocycles. The zero-order valence-electron chi connectivity index (χ0n) is 11.7. The highest BCUT2D eigenvalue weighted by atomic mass is 32.2. The van der Waals surface area contributed by atoms with Gasteiger partial charge in [0.1, 0.15) is 0 Å². The molecule has 0 atom stereocenters. The van der Waals surface area contributed by atoms with E-state index in [1.54, 1.807) is 18.8 Å². The van der Waals surface area contributed by atoms with Gasteiger partial charge in [-0.3, -0.25) is 4.31 Å². The maximum Gasteiger partial charge on any atom is 0.235 e. The largest absolute Gasteiger partial charge is 0.330 e. The minimum atomic E-state index is -3.27. The zero-order chi connectivity index (χ0) is 14.5. The number of hydrogen-bond acceptors (Lipinski definition) is 4. The topological polar surface area (TPSA) is 63.4 Å². The quantitative estimate of drug-likeness (QED) is 0.780. The number of thioether (sulfide) groups is 1. The van der Waals surface area contributed by atoms with Crippen molar-refractivity contribution in [3.05, 3.63) is 29.3 Å². The van der Waals surface area contributed by atoms with Crippen molar-refractivity contribution < 1.29 is 8.42 Å². The van der Waals surface area contributed by atoms with Gasteiger partial charge < -0.3 is 5.73 Å². The van der Waals surface area contributed by atoms with Gasteiger partial charge in [-0.05, 0) is 25.0 Å².